The molecule has 1 saturated heterocycles. The van der Waals surface area contributed by atoms with Crippen molar-refractivity contribution in [2.45, 2.75) is 31.9 Å². The van der Waals surface area contributed by atoms with Gasteiger partial charge < -0.3 is 15.4 Å². The number of amides is 1. The molecule has 1 aliphatic rings. The van der Waals surface area contributed by atoms with Gasteiger partial charge in [0.25, 0.3) is 0 Å². The minimum absolute atomic E-state index is 0. The Labute approximate surface area is 153 Å². The number of carbonyl (C=O) groups excluding carboxylic acids is 1. The summed E-state index contributed by atoms with van der Waals surface area (Å²) in [6.07, 6.45) is 2.65. The lowest BCUT2D eigenvalue weighted by Crippen LogP contribution is -2.27. The number of carbonyl (C=O) groups is 1. The minimum atomic E-state index is -0.280. The quantitative estimate of drug-likeness (QED) is 0.817. The lowest BCUT2D eigenvalue weighted by molar-refractivity contribution is -0.116. The van der Waals surface area contributed by atoms with E-state index in [1.165, 1.54) is 12.1 Å². The molecule has 0 spiro atoms. The second kappa shape index (κ2) is 9.39. The van der Waals surface area contributed by atoms with E-state index < -0.39 is 0 Å². The van der Waals surface area contributed by atoms with Gasteiger partial charge in [-0.15, -0.1) is 12.4 Å². The van der Waals surface area contributed by atoms with E-state index in [4.69, 9.17) is 4.74 Å². The maximum atomic E-state index is 13.2. The minimum Gasteiger partial charge on any atom is -0.489 e. The van der Waals surface area contributed by atoms with Gasteiger partial charge in [0.2, 0.25) is 5.91 Å². The summed E-state index contributed by atoms with van der Waals surface area (Å²) in [7, 11) is 0. The fourth-order valence-electron chi connectivity index (χ4n) is 2.82. The average molecular weight is 365 g/mol. The summed E-state index contributed by atoms with van der Waals surface area (Å²) in [5, 5.41) is 6.21. The number of hydrogen-bond donors (Lipinski definition) is 2. The summed E-state index contributed by atoms with van der Waals surface area (Å²) in [6, 6.07) is 13.8. The zero-order chi connectivity index (χ0) is 16.8. The summed E-state index contributed by atoms with van der Waals surface area (Å²) in [6.45, 7) is 1.27. The van der Waals surface area contributed by atoms with Crippen molar-refractivity contribution in [1.29, 1.82) is 0 Å². The lowest BCUT2D eigenvalue weighted by atomic mass is 10.1. The summed E-state index contributed by atoms with van der Waals surface area (Å²) < 4.78 is 18.8. The molecule has 0 radical (unpaired) electrons. The molecule has 134 valence electrons. The summed E-state index contributed by atoms with van der Waals surface area (Å²) >= 11 is 0. The van der Waals surface area contributed by atoms with E-state index in [0.717, 1.165) is 24.9 Å². The van der Waals surface area contributed by atoms with Crippen molar-refractivity contribution >= 4 is 24.0 Å². The van der Waals surface area contributed by atoms with E-state index in [9.17, 15) is 9.18 Å². The Hall–Kier alpha value is -2.11. The average Bonchev–Trinajstić information content (AvgIpc) is 3.06. The van der Waals surface area contributed by atoms with Crippen molar-refractivity contribution < 1.29 is 13.9 Å². The van der Waals surface area contributed by atoms with Crippen molar-refractivity contribution in [1.82, 2.24) is 5.32 Å². The number of hydrogen-bond acceptors (Lipinski definition) is 3. The van der Waals surface area contributed by atoms with E-state index in [1.54, 1.807) is 12.1 Å². The molecule has 2 aromatic rings. The Morgan fingerprint density at radius 2 is 2.08 bits per heavy atom. The molecule has 25 heavy (non-hydrogen) atoms. The Balaban J connectivity index is 0.00000225. The highest BCUT2D eigenvalue weighted by Crippen LogP contribution is 2.19. The molecule has 4 nitrogen and oxygen atoms in total. The van der Waals surface area contributed by atoms with Crippen LogP contribution in [0.25, 0.3) is 0 Å². The fraction of sp³-hybridized carbons (Fsp3) is 0.316. The first kappa shape index (κ1) is 19.2. The molecule has 1 amide bonds. The highest BCUT2D eigenvalue weighted by atomic mass is 35.5. The zero-order valence-corrected chi connectivity index (χ0v) is 14.7. The van der Waals surface area contributed by atoms with Gasteiger partial charge in [-0.05, 0) is 49.2 Å². The maximum Gasteiger partial charge on any atom is 0.225 e. The van der Waals surface area contributed by atoms with Crippen molar-refractivity contribution in [3.05, 3.63) is 59.9 Å². The Morgan fingerprint density at radius 1 is 1.24 bits per heavy atom. The molecule has 0 saturated carbocycles. The lowest BCUT2D eigenvalue weighted by Gasteiger charge is -2.12. The number of nitrogens with one attached hydrogen (secondary N) is 2. The molecule has 2 aromatic carbocycles. The Morgan fingerprint density at radius 3 is 2.84 bits per heavy atom. The number of anilines is 1. The van der Waals surface area contributed by atoms with Gasteiger partial charge >= 0.3 is 0 Å². The van der Waals surface area contributed by atoms with Gasteiger partial charge in [-0.3, -0.25) is 4.79 Å². The second-order valence-corrected chi connectivity index (χ2v) is 5.99. The van der Waals surface area contributed by atoms with Crippen LogP contribution in [0.15, 0.2) is 48.5 Å². The predicted octanol–water partition coefficient (Wildman–Crippen LogP) is 3.91. The maximum absolute atomic E-state index is 13.2. The van der Waals surface area contributed by atoms with Crippen molar-refractivity contribution in [2.24, 2.45) is 0 Å². The third-order valence-electron chi connectivity index (χ3n) is 4.01. The first-order valence-electron chi connectivity index (χ1n) is 8.19. The highest BCUT2D eigenvalue weighted by molar-refractivity contribution is 5.91. The molecule has 3 rings (SSSR count). The van der Waals surface area contributed by atoms with E-state index in [0.29, 0.717) is 17.9 Å². The first-order valence-corrected chi connectivity index (χ1v) is 8.19. The van der Waals surface area contributed by atoms with Crippen molar-refractivity contribution in [3.8, 4) is 5.75 Å². The van der Waals surface area contributed by atoms with E-state index in [-0.39, 0.29) is 36.8 Å². The van der Waals surface area contributed by atoms with Gasteiger partial charge in [0, 0.05) is 24.2 Å². The molecule has 0 aliphatic carbocycles. The molecule has 1 heterocycles. The number of rotatable bonds is 6. The molecule has 1 unspecified atom stereocenters. The van der Waals surface area contributed by atoms with Gasteiger partial charge in [-0.2, -0.15) is 0 Å². The van der Waals surface area contributed by atoms with Crippen LogP contribution in [0, 0.1) is 5.82 Å². The van der Waals surface area contributed by atoms with Crippen LogP contribution in [0.5, 0.6) is 5.75 Å². The molecule has 6 heteroatoms. The predicted molar refractivity (Wildman–Crippen MR) is 98.7 cm³/mol. The SMILES string of the molecule is Cl.O=C(CC1CCCN1)Nc1cccc(OCc2cccc(F)c2)c1. The number of halogens is 2. The van der Waals surface area contributed by atoms with Crippen LogP contribution in [-0.4, -0.2) is 18.5 Å². The molecule has 2 N–H and O–H groups in total. The fourth-order valence-corrected chi connectivity index (χ4v) is 2.82. The number of benzene rings is 2. The van der Waals surface area contributed by atoms with Crippen LogP contribution < -0.4 is 15.4 Å². The van der Waals surface area contributed by atoms with Crippen LogP contribution in [-0.2, 0) is 11.4 Å². The van der Waals surface area contributed by atoms with Gasteiger partial charge in [0.15, 0.2) is 0 Å². The smallest absolute Gasteiger partial charge is 0.225 e. The summed E-state index contributed by atoms with van der Waals surface area (Å²) in [4.78, 5) is 12.1. The molecule has 1 atom stereocenters. The zero-order valence-electron chi connectivity index (χ0n) is 13.8. The first-order chi connectivity index (χ1) is 11.7. The van der Waals surface area contributed by atoms with Crippen LogP contribution in [0.1, 0.15) is 24.8 Å². The van der Waals surface area contributed by atoms with Crippen LogP contribution >= 0.6 is 12.4 Å². The van der Waals surface area contributed by atoms with Crippen LogP contribution in [0.4, 0.5) is 10.1 Å². The van der Waals surface area contributed by atoms with Gasteiger partial charge in [-0.1, -0.05) is 18.2 Å². The summed E-state index contributed by atoms with van der Waals surface area (Å²) in [5.74, 6) is 0.352. The standard InChI is InChI=1S/C19H21FN2O2.ClH/c20-15-5-1-4-14(10-15)13-24-18-8-2-6-17(11-18)22-19(23)12-16-7-3-9-21-16;/h1-2,4-6,8,10-11,16,21H,3,7,9,12-13H2,(H,22,23);1H. The third kappa shape index (κ3) is 6.03. The third-order valence-corrected chi connectivity index (χ3v) is 4.01. The van der Waals surface area contributed by atoms with E-state index in [1.807, 2.05) is 24.3 Å². The second-order valence-electron chi connectivity index (χ2n) is 5.99. The van der Waals surface area contributed by atoms with Gasteiger partial charge in [0.1, 0.15) is 18.2 Å². The van der Waals surface area contributed by atoms with Gasteiger partial charge in [0.05, 0.1) is 0 Å². The van der Waals surface area contributed by atoms with Crippen LogP contribution in [0.3, 0.4) is 0 Å². The molecule has 1 fully saturated rings. The molecule has 1 aliphatic heterocycles. The molecular formula is C19H22ClFN2O2. The molecular weight excluding hydrogens is 343 g/mol. The largest absolute Gasteiger partial charge is 0.489 e. The van der Waals surface area contributed by atoms with Crippen LogP contribution in [0.2, 0.25) is 0 Å². The van der Waals surface area contributed by atoms with E-state index in [2.05, 4.69) is 10.6 Å². The Kier molecular flexibility index (Phi) is 7.22. The van der Waals surface area contributed by atoms with Gasteiger partial charge in [-0.25, -0.2) is 4.39 Å². The topological polar surface area (TPSA) is 50.4 Å². The normalized spacial score (nSPS) is 16.1. The monoisotopic (exact) mass is 364 g/mol. The van der Waals surface area contributed by atoms with Crippen molar-refractivity contribution in [2.75, 3.05) is 11.9 Å². The Bertz CT molecular complexity index is 705. The summed E-state index contributed by atoms with van der Waals surface area (Å²) in [5.41, 5.74) is 1.46. The number of ether oxygens (including phenoxy) is 1. The highest BCUT2D eigenvalue weighted by Gasteiger charge is 2.17. The van der Waals surface area contributed by atoms with Crippen molar-refractivity contribution in [3.63, 3.8) is 0 Å². The van der Waals surface area contributed by atoms with E-state index >= 15 is 0 Å². The molecule has 0 aromatic heterocycles. The molecule has 0 bridgehead atoms.